The fourth-order valence-corrected chi connectivity index (χ4v) is 4.07. The third-order valence-corrected chi connectivity index (χ3v) is 4.62. The van der Waals surface area contributed by atoms with E-state index in [-0.39, 0.29) is 22.1 Å². The molecule has 1 unspecified atom stereocenters. The summed E-state index contributed by atoms with van der Waals surface area (Å²) in [7, 11) is -2.44. The molecular formula is C11H12BrClN2O3S. The van der Waals surface area contributed by atoms with Crippen LogP contribution in [0.4, 0.5) is 0 Å². The number of hydrogen-bond acceptors (Lipinski definition) is 4. The SMILES string of the molecule is COc1c(Br)cc(Cl)cc1S(=O)(=O)NC(C)CC#N. The van der Waals surface area contributed by atoms with E-state index >= 15 is 0 Å². The molecule has 0 saturated carbocycles. The fraction of sp³-hybridized carbons (Fsp3) is 0.364. The highest BCUT2D eigenvalue weighted by atomic mass is 79.9. The number of nitrogens with one attached hydrogen (secondary N) is 1. The zero-order chi connectivity index (χ0) is 14.6. The second-order valence-electron chi connectivity index (χ2n) is 3.80. The molecule has 0 spiro atoms. The minimum Gasteiger partial charge on any atom is -0.494 e. The van der Waals surface area contributed by atoms with Crippen LogP contribution in [-0.2, 0) is 10.0 Å². The maximum Gasteiger partial charge on any atom is 0.244 e. The van der Waals surface area contributed by atoms with Crippen LogP contribution >= 0.6 is 27.5 Å². The molecule has 1 atom stereocenters. The fourth-order valence-electron chi connectivity index (χ4n) is 1.44. The van der Waals surface area contributed by atoms with Gasteiger partial charge in [0.2, 0.25) is 10.0 Å². The minimum atomic E-state index is -3.81. The van der Waals surface area contributed by atoms with Gasteiger partial charge < -0.3 is 4.74 Å². The van der Waals surface area contributed by atoms with Gasteiger partial charge in [0.15, 0.2) is 5.75 Å². The van der Waals surface area contributed by atoms with Crippen molar-refractivity contribution in [1.82, 2.24) is 4.72 Å². The van der Waals surface area contributed by atoms with Crippen molar-refractivity contribution < 1.29 is 13.2 Å². The third kappa shape index (κ3) is 4.08. The van der Waals surface area contributed by atoms with E-state index in [0.717, 1.165) is 0 Å². The van der Waals surface area contributed by atoms with E-state index in [0.29, 0.717) is 4.47 Å². The topological polar surface area (TPSA) is 79.2 Å². The first-order chi connectivity index (χ1) is 8.81. The van der Waals surface area contributed by atoms with Crippen LogP contribution in [0.1, 0.15) is 13.3 Å². The molecule has 0 saturated heterocycles. The van der Waals surface area contributed by atoms with Crippen molar-refractivity contribution >= 4 is 37.6 Å². The highest BCUT2D eigenvalue weighted by Gasteiger charge is 2.24. The maximum absolute atomic E-state index is 12.2. The number of nitrogens with zero attached hydrogens (tertiary/aromatic N) is 1. The number of sulfonamides is 1. The molecular weight excluding hydrogens is 356 g/mol. The van der Waals surface area contributed by atoms with Crippen LogP contribution in [0.25, 0.3) is 0 Å². The van der Waals surface area contributed by atoms with Gasteiger partial charge in [0.05, 0.1) is 24.1 Å². The molecule has 104 valence electrons. The first-order valence-electron chi connectivity index (χ1n) is 5.24. The number of halogens is 2. The number of methoxy groups -OCH3 is 1. The summed E-state index contributed by atoms with van der Waals surface area (Å²) in [6.45, 7) is 1.60. The summed E-state index contributed by atoms with van der Waals surface area (Å²) in [5.41, 5.74) is 0. The van der Waals surface area contributed by atoms with E-state index < -0.39 is 16.1 Å². The average Bonchev–Trinajstić information content (AvgIpc) is 2.27. The van der Waals surface area contributed by atoms with Crippen LogP contribution in [0.2, 0.25) is 5.02 Å². The van der Waals surface area contributed by atoms with Crippen LogP contribution in [0.3, 0.4) is 0 Å². The molecule has 1 aromatic rings. The summed E-state index contributed by atoms with van der Waals surface area (Å²) in [4.78, 5) is -0.0702. The molecule has 0 radical (unpaired) electrons. The molecule has 8 heteroatoms. The molecule has 0 fully saturated rings. The zero-order valence-corrected chi connectivity index (χ0v) is 13.4. The number of rotatable bonds is 5. The van der Waals surface area contributed by atoms with Gasteiger partial charge in [-0.3, -0.25) is 0 Å². The van der Waals surface area contributed by atoms with Gasteiger partial charge in [0, 0.05) is 11.1 Å². The standard InChI is InChI=1S/C11H12BrClN2O3S/c1-7(3-4-14)15-19(16,17)10-6-8(13)5-9(12)11(10)18-2/h5-7,15H,3H2,1-2H3. The molecule has 0 amide bonds. The first kappa shape index (κ1) is 16.2. The molecule has 19 heavy (non-hydrogen) atoms. The molecule has 5 nitrogen and oxygen atoms in total. The lowest BCUT2D eigenvalue weighted by Gasteiger charge is -2.15. The van der Waals surface area contributed by atoms with Crippen LogP contribution in [-0.4, -0.2) is 21.6 Å². The predicted molar refractivity (Wildman–Crippen MR) is 75.7 cm³/mol. The summed E-state index contributed by atoms with van der Waals surface area (Å²) < 4.78 is 32.3. The molecule has 0 aliphatic heterocycles. The Labute approximate surface area is 125 Å². The molecule has 0 aliphatic rings. The Bertz CT molecular complexity index is 613. The van der Waals surface area contributed by atoms with Crippen molar-refractivity contribution in [3.63, 3.8) is 0 Å². The van der Waals surface area contributed by atoms with Crippen molar-refractivity contribution in [1.29, 1.82) is 5.26 Å². The summed E-state index contributed by atoms with van der Waals surface area (Å²) in [5, 5.41) is 8.82. The molecule has 1 aromatic carbocycles. The normalized spacial score (nSPS) is 12.8. The van der Waals surface area contributed by atoms with Crippen LogP contribution in [0.15, 0.2) is 21.5 Å². The van der Waals surface area contributed by atoms with Crippen molar-refractivity contribution in [3.05, 3.63) is 21.6 Å². The Kier molecular flexibility index (Phi) is 5.62. The van der Waals surface area contributed by atoms with E-state index in [1.807, 2.05) is 6.07 Å². The lowest BCUT2D eigenvalue weighted by Crippen LogP contribution is -2.32. The minimum absolute atomic E-state index is 0.0702. The number of hydrogen-bond donors (Lipinski definition) is 1. The second kappa shape index (κ2) is 6.57. The predicted octanol–water partition coefficient (Wildman–Crippen LogP) is 2.69. The van der Waals surface area contributed by atoms with Crippen molar-refractivity contribution in [2.24, 2.45) is 0 Å². The summed E-state index contributed by atoms with van der Waals surface area (Å²) in [5.74, 6) is 0.168. The summed E-state index contributed by atoms with van der Waals surface area (Å²) >= 11 is 9.05. The van der Waals surface area contributed by atoms with E-state index in [1.54, 1.807) is 6.92 Å². The molecule has 0 aliphatic carbocycles. The number of benzene rings is 1. The van der Waals surface area contributed by atoms with Crippen molar-refractivity contribution in [2.45, 2.75) is 24.3 Å². The Hall–Kier alpha value is -0.810. The van der Waals surface area contributed by atoms with Gasteiger partial charge in [-0.25, -0.2) is 13.1 Å². The van der Waals surface area contributed by atoms with Gasteiger partial charge in [0.25, 0.3) is 0 Å². The van der Waals surface area contributed by atoms with Gasteiger partial charge in [0.1, 0.15) is 4.90 Å². The van der Waals surface area contributed by atoms with Crippen LogP contribution in [0, 0.1) is 11.3 Å². The quantitative estimate of drug-likeness (QED) is 0.868. The first-order valence-corrected chi connectivity index (χ1v) is 7.89. The Morgan fingerprint density at radius 2 is 2.21 bits per heavy atom. The Balaban J connectivity index is 3.25. The second-order valence-corrected chi connectivity index (χ2v) is 6.78. The molecule has 1 rings (SSSR count). The van der Waals surface area contributed by atoms with Crippen molar-refractivity contribution in [2.75, 3.05) is 7.11 Å². The largest absolute Gasteiger partial charge is 0.494 e. The van der Waals surface area contributed by atoms with Crippen molar-refractivity contribution in [3.8, 4) is 11.8 Å². The molecule has 0 aromatic heterocycles. The number of nitriles is 1. The monoisotopic (exact) mass is 366 g/mol. The third-order valence-electron chi connectivity index (χ3n) is 2.22. The summed E-state index contributed by atoms with van der Waals surface area (Å²) in [6.07, 6.45) is 0.0727. The Morgan fingerprint density at radius 3 is 2.74 bits per heavy atom. The van der Waals surface area contributed by atoms with Gasteiger partial charge in [-0.1, -0.05) is 11.6 Å². The van der Waals surface area contributed by atoms with E-state index in [4.69, 9.17) is 21.6 Å². The Morgan fingerprint density at radius 1 is 1.58 bits per heavy atom. The smallest absolute Gasteiger partial charge is 0.244 e. The average molecular weight is 368 g/mol. The maximum atomic E-state index is 12.2. The van der Waals surface area contributed by atoms with Crippen LogP contribution in [0.5, 0.6) is 5.75 Å². The van der Waals surface area contributed by atoms with E-state index in [1.165, 1.54) is 19.2 Å². The van der Waals surface area contributed by atoms with E-state index in [9.17, 15) is 8.42 Å². The molecule has 1 N–H and O–H groups in total. The van der Waals surface area contributed by atoms with Gasteiger partial charge in [-0.2, -0.15) is 5.26 Å². The summed E-state index contributed by atoms with van der Waals surface area (Å²) in [6, 6.07) is 4.23. The van der Waals surface area contributed by atoms with Crippen LogP contribution < -0.4 is 9.46 Å². The zero-order valence-electron chi connectivity index (χ0n) is 10.3. The van der Waals surface area contributed by atoms with Gasteiger partial charge in [-0.05, 0) is 35.0 Å². The highest BCUT2D eigenvalue weighted by Crippen LogP contribution is 2.35. The number of ether oxygens (including phenoxy) is 1. The molecule has 0 bridgehead atoms. The highest BCUT2D eigenvalue weighted by molar-refractivity contribution is 9.10. The molecule has 0 heterocycles. The van der Waals surface area contributed by atoms with Gasteiger partial charge in [-0.15, -0.1) is 0 Å². The lowest BCUT2D eigenvalue weighted by molar-refractivity contribution is 0.399. The lowest BCUT2D eigenvalue weighted by atomic mass is 10.3. The van der Waals surface area contributed by atoms with E-state index in [2.05, 4.69) is 20.7 Å². The van der Waals surface area contributed by atoms with Gasteiger partial charge >= 0.3 is 0 Å².